The highest BCUT2D eigenvalue weighted by molar-refractivity contribution is 4.80. The van der Waals surface area contributed by atoms with Gasteiger partial charge in [0.15, 0.2) is 0 Å². The van der Waals surface area contributed by atoms with E-state index in [2.05, 4.69) is 138 Å². The summed E-state index contributed by atoms with van der Waals surface area (Å²) in [6.07, 6.45) is 21.4. The highest BCUT2D eigenvalue weighted by Gasteiger charge is 2.29. The molecular formula is C45H94. The van der Waals surface area contributed by atoms with Crippen molar-refractivity contribution in [3.05, 3.63) is 0 Å². The Hall–Kier alpha value is 0. The Morgan fingerprint density at radius 1 is 0.400 bits per heavy atom. The largest absolute Gasteiger partial charge is 0.0625 e. The fraction of sp³-hybridized carbons (Fsp3) is 1.00. The molecule has 0 aromatic carbocycles. The van der Waals surface area contributed by atoms with E-state index in [0.29, 0.717) is 32.5 Å². The first-order valence-corrected chi connectivity index (χ1v) is 19.9. The minimum atomic E-state index is 0.497. The standard InChI is InChI=1S/C14H30.C13H28.C10H20.C8H16/c1-12(11-14(5,6)7)9-8-10-13(2,3)4;1-11(10-13(5,6)7)8-9-12(2,3)4;1-10(2,3)9-7-5-4-6-8-9;1-8(2,3)7-5-4-6-7/h12H,8-11H2,1-7H3;11H,8-10H2,1-7H3;9H,4-8H2,1-3H3;7H,4-6H2,1-3H3. The van der Waals surface area contributed by atoms with Crippen LogP contribution in [0.1, 0.15) is 235 Å². The molecule has 45 heavy (non-hydrogen) atoms. The second-order valence-electron chi connectivity index (χ2n) is 23.0. The first-order valence-electron chi connectivity index (χ1n) is 19.9. The molecule has 0 aromatic rings. The van der Waals surface area contributed by atoms with Crippen LogP contribution in [0.5, 0.6) is 0 Å². The Kier molecular flexibility index (Phi) is 21.5. The fourth-order valence-corrected chi connectivity index (χ4v) is 7.20. The summed E-state index contributed by atoms with van der Waals surface area (Å²) in [7, 11) is 0. The summed E-state index contributed by atoms with van der Waals surface area (Å²) in [5.74, 6) is 3.79. The molecule has 0 nitrogen and oxygen atoms in total. The molecular weight excluding hydrogens is 540 g/mol. The van der Waals surface area contributed by atoms with Gasteiger partial charge in [-0.2, -0.15) is 0 Å². The summed E-state index contributed by atoms with van der Waals surface area (Å²) < 4.78 is 0. The van der Waals surface area contributed by atoms with Crippen LogP contribution in [-0.4, -0.2) is 0 Å². The topological polar surface area (TPSA) is 0 Å². The van der Waals surface area contributed by atoms with Crippen molar-refractivity contribution in [2.24, 2.45) is 56.2 Å². The molecule has 0 heteroatoms. The van der Waals surface area contributed by atoms with E-state index in [1.54, 1.807) is 0 Å². The molecule has 2 rings (SSSR count). The van der Waals surface area contributed by atoms with Crippen molar-refractivity contribution in [3.63, 3.8) is 0 Å². The van der Waals surface area contributed by atoms with Gasteiger partial charge in [-0.25, -0.2) is 0 Å². The summed E-state index contributed by atoms with van der Waals surface area (Å²) in [6, 6.07) is 0. The number of hydrogen-bond acceptors (Lipinski definition) is 0. The third-order valence-corrected chi connectivity index (χ3v) is 10.1. The third kappa shape index (κ3) is 32.3. The summed E-state index contributed by atoms with van der Waals surface area (Å²) in [5.41, 5.74) is 3.19. The van der Waals surface area contributed by atoms with Crippen molar-refractivity contribution in [2.45, 2.75) is 235 Å². The molecule has 2 saturated carbocycles. The van der Waals surface area contributed by atoms with Crippen molar-refractivity contribution in [3.8, 4) is 0 Å². The predicted molar refractivity (Wildman–Crippen MR) is 211 cm³/mol. The van der Waals surface area contributed by atoms with Gasteiger partial charge < -0.3 is 0 Å². The van der Waals surface area contributed by atoms with Gasteiger partial charge in [0.2, 0.25) is 0 Å². The minimum Gasteiger partial charge on any atom is -0.0625 e. The van der Waals surface area contributed by atoms with Gasteiger partial charge in [-0.05, 0) is 108 Å². The average Bonchev–Trinajstić information content (AvgIpc) is 2.73. The number of hydrogen-bond donors (Lipinski definition) is 0. The monoisotopic (exact) mass is 635 g/mol. The maximum absolute atomic E-state index is 2.40. The Morgan fingerprint density at radius 2 is 0.733 bits per heavy atom. The second kappa shape index (κ2) is 20.5. The second-order valence-corrected chi connectivity index (χ2v) is 23.0. The Labute approximate surface area is 290 Å². The molecule has 0 N–H and O–H groups in total. The van der Waals surface area contributed by atoms with Gasteiger partial charge in [-0.3, -0.25) is 0 Å². The molecule has 0 heterocycles. The molecule has 2 aliphatic carbocycles. The molecule has 274 valence electrons. The molecule has 2 aliphatic rings. The van der Waals surface area contributed by atoms with Crippen LogP contribution in [0.2, 0.25) is 0 Å². The van der Waals surface area contributed by atoms with Crippen LogP contribution in [0.15, 0.2) is 0 Å². The lowest BCUT2D eigenvalue weighted by Gasteiger charge is -2.37. The van der Waals surface area contributed by atoms with Gasteiger partial charge >= 0.3 is 0 Å². The quantitative estimate of drug-likeness (QED) is 0.261. The lowest BCUT2D eigenvalue weighted by Crippen LogP contribution is -2.26. The molecule has 2 atom stereocenters. The molecule has 0 aromatic heterocycles. The zero-order chi connectivity index (χ0) is 35.9. The van der Waals surface area contributed by atoms with Crippen molar-refractivity contribution in [1.29, 1.82) is 0 Å². The zero-order valence-corrected chi connectivity index (χ0v) is 35.9. The van der Waals surface area contributed by atoms with Crippen LogP contribution in [0.4, 0.5) is 0 Å². The smallest absolute Gasteiger partial charge is 0.0354 e. The molecule has 0 bridgehead atoms. The Bertz CT molecular complexity index is 686. The molecule has 2 fully saturated rings. The highest BCUT2D eigenvalue weighted by atomic mass is 14.3. The summed E-state index contributed by atoms with van der Waals surface area (Å²) in [6.45, 7) is 47.0. The van der Waals surface area contributed by atoms with E-state index in [0.717, 1.165) is 23.7 Å². The van der Waals surface area contributed by atoms with Gasteiger partial charge in [-0.1, -0.05) is 183 Å². The lowest BCUT2D eigenvalue weighted by atomic mass is 9.69. The molecule has 0 aliphatic heterocycles. The first kappa shape index (κ1) is 47.1. The van der Waals surface area contributed by atoms with Gasteiger partial charge in [-0.15, -0.1) is 0 Å². The highest BCUT2D eigenvalue weighted by Crippen LogP contribution is 2.41. The normalized spacial score (nSPS) is 18.7. The Balaban J connectivity index is 0. The maximum Gasteiger partial charge on any atom is -0.0354 e. The molecule has 0 amide bonds. The van der Waals surface area contributed by atoms with E-state index in [1.807, 2.05) is 0 Å². The summed E-state index contributed by atoms with van der Waals surface area (Å²) in [5, 5.41) is 0. The van der Waals surface area contributed by atoms with Crippen LogP contribution in [0.3, 0.4) is 0 Å². The van der Waals surface area contributed by atoms with E-state index in [1.165, 1.54) is 96.3 Å². The van der Waals surface area contributed by atoms with Gasteiger partial charge in [0, 0.05) is 0 Å². The van der Waals surface area contributed by atoms with E-state index < -0.39 is 0 Å². The first-order chi connectivity index (χ1) is 19.9. The SMILES string of the molecule is CC(C)(C)C1CCC1.CC(C)(C)C1CCCCC1.CC(CCC(C)(C)C)CC(C)(C)C.CC(CCCC(C)(C)C)CC(C)(C)C. The van der Waals surface area contributed by atoms with Crippen molar-refractivity contribution < 1.29 is 0 Å². The molecule has 0 spiro atoms. The maximum atomic E-state index is 2.40. The van der Waals surface area contributed by atoms with E-state index in [4.69, 9.17) is 0 Å². The molecule has 0 radical (unpaired) electrons. The minimum absolute atomic E-state index is 0.497. The fourth-order valence-electron chi connectivity index (χ4n) is 7.20. The van der Waals surface area contributed by atoms with Crippen LogP contribution in [0, 0.1) is 56.2 Å². The molecule has 0 saturated heterocycles. The van der Waals surface area contributed by atoms with E-state index >= 15 is 0 Å². The number of rotatable bonds is 7. The average molecular weight is 635 g/mol. The predicted octanol–water partition coefficient (Wildman–Crippen LogP) is 16.6. The van der Waals surface area contributed by atoms with Gasteiger partial charge in [0.1, 0.15) is 0 Å². The van der Waals surface area contributed by atoms with Gasteiger partial charge in [0.25, 0.3) is 0 Å². The Morgan fingerprint density at radius 3 is 0.978 bits per heavy atom. The van der Waals surface area contributed by atoms with E-state index in [9.17, 15) is 0 Å². The summed E-state index contributed by atoms with van der Waals surface area (Å²) in [4.78, 5) is 0. The van der Waals surface area contributed by atoms with Crippen LogP contribution >= 0.6 is 0 Å². The van der Waals surface area contributed by atoms with Crippen LogP contribution in [0.25, 0.3) is 0 Å². The van der Waals surface area contributed by atoms with E-state index in [-0.39, 0.29) is 0 Å². The third-order valence-electron chi connectivity index (χ3n) is 10.1. The summed E-state index contributed by atoms with van der Waals surface area (Å²) >= 11 is 0. The van der Waals surface area contributed by atoms with Crippen LogP contribution in [-0.2, 0) is 0 Å². The van der Waals surface area contributed by atoms with Crippen molar-refractivity contribution in [1.82, 2.24) is 0 Å². The van der Waals surface area contributed by atoms with Crippen LogP contribution < -0.4 is 0 Å². The van der Waals surface area contributed by atoms with Gasteiger partial charge in [0.05, 0.1) is 0 Å². The van der Waals surface area contributed by atoms with Crippen molar-refractivity contribution in [2.75, 3.05) is 0 Å². The molecule has 2 unspecified atom stereocenters. The lowest BCUT2D eigenvalue weighted by molar-refractivity contribution is 0.141. The van der Waals surface area contributed by atoms with Crippen molar-refractivity contribution >= 4 is 0 Å². The zero-order valence-electron chi connectivity index (χ0n) is 35.9.